The Balaban J connectivity index is 7.19. The van der Waals surface area contributed by atoms with Crippen LogP contribution in [0.2, 0.25) is 0 Å². The molecule has 0 radical (unpaired) electrons. The van der Waals surface area contributed by atoms with Gasteiger partial charge >= 0.3 is 164 Å². The molecular weight excluding hydrogens is 480 g/mol. The first kappa shape index (κ1) is 25.5. The Hall–Kier alpha value is 0.528. The SMILES string of the molecule is C[N](C)[W]([N](C)C)([N](C(C)(C)C)C(C)(C)C)[N](C(C)(C)C)C(C)(C)C. The summed E-state index contributed by atoms with van der Waals surface area (Å²) in [6.45, 7) is 28.5. The Labute approximate surface area is 164 Å². The first-order valence-corrected chi connectivity index (χ1v) is 14.7. The summed E-state index contributed by atoms with van der Waals surface area (Å²) in [6.07, 6.45) is 0. The van der Waals surface area contributed by atoms with Crippen molar-refractivity contribution >= 4 is 0 Å². The second-order valence-electron chi connectivity index (χ2n) is 11.4. The van der Waals surface area contributed by atoms with Gasteiger partial charge in [-0.1, -0.05) is 0 Å². The standard InChI is InChI=1S/2C8H18N.2C2H6N.W/c2*1-7(2,3)9-8(4,5)6;2*1-3-2;/h2*1-6H3;2*1-2H3;/q4*-1;+4. The van der Waals surface area contributed by atoms with E-state index < -0.39 is 17.1 Å². The van der Waals surface area contributed by atoms with Crippen LogP contribution in [0, 0.1) is 0 Å². The molecule has 0 aromatic heterocycles. The molecule has 0 fully saturated rings. The summed E-state index contributed by atoms with van der Waals surface area (Å²) in [5.41, 5.74) is 0.265. The van der Waals surface area contributed by atoms with Crippen molar-refractivity contribution in [2.75, 3.05) is 28.2 Å². The first-order valence-electron chi connectivity index (χ1n) is 9.41. The molecule has 5 heteroatoms. The maximum absolute atomic E-state index is 3.43. The summed E-state index contributed by atoms with van der Waals surface area (Å²) < 4.78 is 10.9. The molecule has 0 saturated heterocycles. The fourth-order valence-corrected chi connectivity index (χ4v) is 22.7. The van der Waals surface area contributed by atoms with Gasteiger partial charge in [-0.2, -0.15) is 0 Å². The average molecular weight is 528 g/mol. The second-order valence-corrected chi connectivity index (χ2v) is 22.8. The third-order valence-corrected chi connectivity index (χ3v) is 22.3. The van der Waals surface area contributed by atoms with Crippen molar-refractivity contribution in [3.63, 3.8) is 0 Å². The van der Waals surface area contributed by atoms with E-state index in [-0.39, 0.29) is 22.2 Å². The van der Waals surface area contributed by atoms with Gasteiger partial charge < -0.3 is 0 Å². The predicted octanol–water partition coefficient (Wildman–Crippen LogP) is 4.72. The Morgan fingerprint density at radius 2 is 0.560 bits per heavy atom. The van der Waals surface area contributed by atoms with E-state index in [9.17, 15) is 0 Å². The average Bonchev–Trinajstić information content (AvgIpc) is 2.18. The normalized spacial score (nSPS) is 16.5. The first-order chi connectivity index (χ1) is 10.6. The summed E-state index contributed by atoms with van der Waals surface area (Å²) in [7, 11) is 9.18. The molecule has 0 aliphatic carbocycles. The number of hydrogen-bond acceptors (Lipinski definition) is 4. The molecule has 0 aliphatic rings. The van der Waals surface area contributed by atoms with Gasteiger partial charge in [-0.25, -0.2) is 0 Å². The predicted molar refractivity (Wildman–Crippen MR) is 110 cm³/mol. The number of rotatable bonds is 4. The molecular formula is C20H48N4W. The molecule has 0 heterocycles. The van der Waals surface area contributed by atoms with Crippen LogP contribution in [0.25, 0.3) is 0 Å². The molecule has 154 valence electrons. The molecule has 4 nitrogen and oxygen atoms in total. The molecule has 0 bridgehead atoms. The number of nitrogens with zero attached hydrogens (tertiary/aromatic N) is 4. The van der Waals surface area contributed by atoms with E-state index in [0.29, 0.717) is 0 Å². The van der Waals surface area contributed by atoms with Crippen molar-refractivity contribution in [3.8, 4) is 0 Å². The van der Waals surface area contributed by atoms with Crippen LogP contribution in [-0.2, 0) is 17.1 Å². The minimum absolute atomic E-state index is 0.0663. The summed E-state index contributed by atoms with van der Waals surface area (Å²) >= 11 is -3.43. The fourth-order valence-electron chi connectivity index (χ4n) is 4.54. The van der Waals surface area contributed by atoms with Gasteiger partial charge in [-0.15, -0.1) is 0 Å². The van der Waals surface area contributed by atoms with Crippen molar-refractivity contribution in [2.45, 2.75) is 105 Å². The van der Waals surface area contributed by atoms with Crippen LogP contribution in [-0.4, -0.2) is 64.2 Å². The molecule has 0 amide bonds. The van der Waals surface area contributed by atoms with E-state index in [0.717, 1.165) is 0 Å². The Morgan fingerprint density at radius 3 is 0.640 bits per heavy atom. The van der Waals surface area contributed by atoms with Gasteiger partial charge in [0.05, 0.1) is 0 Å². The second kappa shape index (κ2) is 7.51. The van der Waals surface area contributed by atoms with Crippen LogP contribution >= 0.6 is 0 Å². The quantitative estimate of drug-likeness (QED) is 0.524. The van der Waals surface area contributed by atoms with Gasteiger partial charge in [0.2, 0.25) is 0 Å². The van der Waals surface area contributed by atoms with E-state index in [1.165, 1.54) is 0 Å². The number of hydrogen-bond donors (Lipinski definition) is 0. The summed E-state index contributed by atoms with van der Waals surface area (Å²) in [4.78, 5) is 0. The summed E-state index contributed by atoms with van der Waals surface area (Å²) in [5, 5.41) is 0. The fraction of sp³-hybridized carbons (Fsp3) is 1.00. The van der Waals surface area contributed by atoms with E-state index in [1.807, 2.05) is 0 Å². The molecule has 0 aromatic carbocycles. The van der Waals surface area contributed by atoms with Crippen LogP contribution in [0.3, 0.4) is 0 Å². The van der Waals surface area contributed by atoms with Crippen LogP contribution < -0.4 is 0 Å². The zero-order chi connectivity index (χ0) is 20.8. The topological polar surface area (TPSA) is 13.0 Å². The van der Waals surface area contributed by atoms with Crippen molar-refractivity contribution in [3.05, 3.63) is 0 Å². The molecule has 0 aliphatic heterocycles. The summed E-state index contributed by atoms with van der Waals surface area (Å²) in [5.74, 6) is 0. The van der Waals surface area contributed by atoms with Crippen LogP contribution in [0.4, 0.5) is 0 Å². The van der Waals surface area contributed by atoms with Gasteiger partial charge in [0.15, 0.2) is 0 Å². The third-order valence-electron chi connectivity index (χ3n) is 3.91. The van der Waals surface area contributed by atoms with Gasteiger partial charge in [0.25, 0.3) is 0 Å². The molecule has 0 N–H and O–H groups in total. The van der Waals surface area contributed by atoms with Crippen molar-refractivity contribution in [1.29, 1.82) is 0 Å². The molecule has 25 heavy (non-hydrogen) atoms. The van der Waals surface area contributed by atoms with Crippen molar-refractivity contribution in [1.82, 2.24) is 13.8 Å². The Bertz CT molecular complexity index is 361. The minimum atomic E-state index is -3.43. The zero-order valence-electron chi connectivity index (χ0n) is 20.2. The van der Waals surface area contributed by atoms with E-state index in [4.69, 9.17) is 0 Å². The zero-order valence-corrected chi connectivity index (χ0v) is 23.1. The van der Waals surface area contributed by atoms with E-state index in [1.54, 1.807) is 0 Å². The van der Waals surface area contributed by atoms with Gasteiger partial charge in [0.1, 0.15) is 0 Å². The van der Waals surface area contributed by atoms with Crippen LogP contribution in [0.15, 0.2) is 0 Å². The van der Waals surface area contributed by atoms with Gasteiger partial charge in [-0.05, 0) is 0 Å². The van der Waals surface area contributed by atoms with E-state index in [2.05, 4.69) is 125 Å². The molecule has 0 rings (SSSR count). The molecule has 0 spiro atoms. The molecule has 0 unspecified atom stereocenters. The van der Waals surface area contributed by atoms with Crippen molar-refractivity contribution in [2.24, 2.45) is 0 Å². The van der Waals surface area contributed by atoms with Crippen LogP contribution in [0.5, 0.6) is 0 Å². The maximum atomic E-state index is 2.86. The van der Waals surface area contributed by atoms with Gasteiger partial charge in [-0.3, -0.25) is 0 Å². The Morgan fingerprint density at radius 1 is 0.400 bits per heavy atom. The van der Waals surface area contributed by atoms with Gasteiger partial charge in [0, 0.05) is 0 Å². The Kier molecular flexibility index (Phi) is 7.67. The molecule has 0 saturated carbocycles. The summed E-state index contributed by atoms with van der Waals surface area (Å²) in [6, 6.07) is 0. The van der Waals surface area contributed by atoms with E-state index >= 15 is 0 Å². The van der Waals surface area contributed by atoms with Crippen LogP contribution in [0.1, 0.15) is 83.1 Å². The monoisotopic (exact) mass is 528 g/mol. The van der Waals surface area contributed by atoms with Crippen molar-refractivity contribution < 1.29 is 17.1 Å². The molecule has 0 atom stereocenters. The third kappa shape index (κ3) is 5.29. The molecule has 0 aromatic rings.